The Morgan fingerprint density at radius 3 is 2.46 bits per heavy atom. The van der Waals surface area contributed by atoms with E-state index in [4.69, 9.17) is 5.26 Å². The second kappa shape index (κ2) is 11.4. The lowest BCUT2D eigenvalue weighted by Crippen LogP contribution is -2.48. The summed E-state index contributed by atoms with van der Waals surface area (Å²) in [7, 11) is 0. The van der Waals surface area contributed by atoms with Gasteiger partial charge in [-0.3, -0.25) is 4.90 Å². The molecule has 1 aliphatic rings. The first kappa shape index (κ1) is 24.1. The highest BCUT2D eigenvalue weighted by Gasteiger charge is 2.30. The van der Waals surface area contributed by atoms with Gasteiger partial charge in [-0.1, -0.05) is 30.3 Å². The van der Waals surface area contributed by atoms with Crippen LogP contribution in [0.2, 0.25) is 0 Å². The third-order valence-corrected chi connectivity index (χ3v) is 6.74. The number of imidazole rings is 1. The van der Waals surface area contributed by atoms with Gasteiger partial charge in [-0.2, -0.15) is 5.26 Å². The molecule has 8 heteroatoms. The molecule has 4 aromatic rings. The van der Waals surface area contributed by atoms with Gasteiger partial charge in [0.25, 0.3) is 0 Å². The zero-order valence-corrected chi connectivity index (χ0v) is 20.5. The minimum Gasteiger partial charge on any atom is -0.367 e. The van der Waals surface area contributed by atoms with Gasteiger partial charge < -0.3 is 15.2 Å². The predicted octanol–water partition coefficient (Wildman–Crippen LogP) is 5.28. The third-order valence-electron chi connectivity index (χ3n) is 6.74. The minimum atomic E-state index is -0.0931. The molecule has 2 aromatic carbocycles. The van der Waals surface area contributed by atoms with Crippen LogP contribution in [-0.4, -0.2) is 32.6 Å². The number of aromatic nitrogens is 3. The standard InChI is InChI=1S/C29H29N7O/c30-18-23-6-15-28(32-20-23)34-24-7-9-26(10-8-24)36(29(37)33-19-22-4-2-1-3-5-22)27-13-11-25(12-14-27)35-17-16-31-21-35/h1-6,11-17,20-21,24,26H,7-10,19H2,(H,32,34)(H,33,37)/t24-,26-. The van der Waals surface area contributed by atoms with Crippen LogP contribution in [0, 0.1) is 11.3 Å². The molecule has 37 heavy (non-hydrogen) atoms. The Morgan fingerprint density at radius 1 is 1.03 bits per heavy atom. The molecule has 1 fully saturated rings. The highest BCUT2D eigenvalue weighted by atomic mass is 16.2. The Bertz CT molecular complexity index is 1320. The molecular formula is C29H29N7O. The van der Waals surface area contributed by atoms with E-state index in [1.807, 2.05) is 76.3 Å². The highest BCUT2D eigenvalue weighted by Crippen LogP contribution is 2.30. The fourth-order valence-electron chi connectivity index (χ4n) is 4.78. The summed E-state index contributed by atoms with van der Waals surface area (Å²) in [6.45, 7) is 0.477. The predicted molar refractivity (Wildman–Crippen MR) is 143 cm³/mol. The number of amides is 2. The third kappa shape index (κ3) is 5.96. The molecule has 1 saturated carbocycles. The van der Waals surface area contributed by atoms with Crippen LogP contribution in [-0.2, 0) is 6.54 Å². The van der Waals surface area contributed by atoms with Crippen molar-refractivity contribution in [1.29, 1.82) is 5.26 Å². The molecule has 186 valence electrons. The van der Waals surface area contributed by atoms with Crippen LogP contribution in [0.1, 0.15) is 36.8 Å². The van der Waals surface area contributed by atoms with Crippen molar-refractivity contribution in [3.63, 3.8) is 0 Å². The SMILES string of the molecule is N#Cc1ccc(N[C@H]2CC[C@H](N(C(=O)NCc3ccccc3)c3ccc(-n4ccnc4)cc3)CC2)nc1. The Labute approximate surface area is 216 Å². The number of nitrogens with one attached hydrogen (secondary N) is 2. The number of hydrogen-bond acceptors (Lipinski definition) is 5. The lowest BCUT2D eigenvalue weighted by atomic mass is 9.90. The Morgan fingerprint density at radius 2 is 1.81 bits per heavy atom. The van der Waals surface area contributed by atoms with Crippen LogP contribution in [0.4, 0.5) is 16.3 Å². The Balaban J connectivity index is 1.28. The largest absolute Gasteiger partial charge is 0.367 e. The monoisotopic (exact) mass is 491 g/mol. The fourth-order valence-corrected chi connectivity index (χ4v) is 4.78. The van der Waals surface area contributed by atoms with Gasteiger partial charge in [0, 0.05) is 48.6 Å². The van der Waals surface area contributed by atoms with E-state index in [-0.39, 0.29) is 18.1 Å². The molecule has 1 aliphatic carbocycles. The summed E-state index contributed by atoms with van der Waals surface area (Å²) in [4.78, 5) is 23.9. The van der Waals surface area contributed by atoms with Crippen LogP contribution in [0.15, 0.2) is 91.6 Å². The number of nitrogens with zero attached hydrogens (tertiary/aromatic N) is 5. The molecule has 0 saturated heterocycles. The average molecular weight is 492 g/mol. The van der Waals surface area contributed by atoms with E-state index in [0.717, 1.165) is 48.4 Å². The summed E-state index contributed by atoms with van der Waals surface area (Å²) in [6.07, 6.45) is 10.6. The zero-order chi connectivity index (χ0) is 25.5. The summed E-state index contributed by atoms with van der Waals surface area (Å²) in [5, 5.41) is 15.6. The number of carbonyl (C=O) groups excluding carboxylic acids is 1. The first-order valence-electron chi connectivity index (χ1n) is 12.5. The van der Waals surface area contributed by atoms with Crippen molar-refractivity contribution in [2.75, 3.05) is 10.2 Å². The number of benzene rings is 2. The Kier molecular flexibility index (Phi) is 7.42. The van der Waals surface area contributed by atoms with Crippen LogP contribution in [0.3, 0.4) is 0 Å². The number of nitriles is 1. The van der Waals surface area contributed by atoms with Crippen molar-refractivity contribution < 1.29 is 4.79 Å². The molecule has 2 heterocycles. The van der Waals surface area contributed by atoms with Gasteiger partial charge in [-0.15, -0.1) is 0 Å². The topological polar surface area (TPSA) is 98.9 Å². The number of hydrogen-bond donors (Lipinski definition) is 2. The molecular weight excluding hydrogens is 462 g/mol. The van der Waals surface area contributed by atoms with Crippen molar-refractivity contribution >= 4 is 17.5 Å². The van der Waals surface area contributed by atoms with Gasteiger partial charge in [0.1, 0.15) is 11.9 Å². The Hall–Kier alpha value is -4.64. The normalized spacial score (nSPS) is 16.9. The molecule has 0 spiro atoms. The van der Waals surface area contributed by atoms with Crippen molar-refractivity contribution in [3.8, 4) is 11.8 Å². The fraction of sp³-hybridized carbons (Fsp3) is 0.241. The zero-order valence-electron chi connectivity index (χ0n) is 20.5. The van der Waals surface area contributed by atoms with E-state index >= 15 is 0 Å². The second-order valence-electron chi connectivity index (χ2n) is 9.19. The van der Waals surface area contributed by atoms with Crippen molar-refractivity contribution in [2.24, 2.45) is 0 Å². The average Bonchev–Trinajstić information content (AvgIpc) is 3.50. The van der Waals surface area contributed by atoms with Gasteiger partial charge in [0.15, 0.2) is 0 Å². The van der Waals surface area contributed by atoms with Gasteiger partial charge in [0.2, 0.25) is 0 Å². The van der Waals surface area contributed by atoms with Crippen LogP contribution < -0.4 is 15.5 Å². The maximum absolute atomic E-state index is 13.5. The quantitative estimate of drug-likeness (QED) is 0.367. The minimum absolute atomic E-state index is 0.0850. The number of urea groups is 1. The molecule has 0 unspecified atom stereocenters. The van der Waals surface area contributed by atoms with Gasteiger partial charge in [-0.05, 0) is 67.6 Å². The molecule has 0 atom stereocenters. The van der Waals surface area contributed by atoms with Crippen molar-refractivity contribution in [2.45, 2.75) is 44.3 Å². The highest BCUT2D eigenvalue weighted by molar-refractivity contribution is 5.92. The molecule has 2 aromatic heterocycles. The molecule has 0 bridgehead atoms. The van der Waals surface area contributed by atoms with E-state index in [9.17, 15) is 4.79 Å². The molecule has 5 rings (SSSR count). The van der Waals surface area contributed by atoms with E-state index < -0.39 is 0 Å². The maximum atomic E-state index is 13.5. The summed E-state index contributed by atoms with van der Waals surface area (Å²) >= 11 is 0. The van der Waals surface area contributed by atoms with Crippen LogP contribution in [0.5, 0.6) is 0 Å². The summed E-state index contributed by atoms with van der Waals surface area (Å²) in [5.41, 5.74) is 3.48. The second-order valence-corrected chi connectivity index (χ2v) is 9.19. The van der Waals surface area contributed by atoms with Crippen LogP contribution in [0.25, 0.3) is 5.69 Å². The summed E-state index contributed by atoms with van der Waals surface area (Å²) in [6, 6.07) is 24.0. The van der Waals surface area contributed by atoms with Crippen molar-refractivity contribution in [3.05, 3.63) is 103 Å². The number of rotatable bonds is 7. The molecule has 2 amide bonds. The first-order chi connectivity index (χ1) is 18.2. The smallest absolute Gasteiger partial charge is 0.322 e. The summed E-state index contributed by atoms with van der Waals surface area (Å²) < 4.78 is 1.94. The van der Waals surface area contributed by atoms with E-state index in [1.165, 1.54) is 0 Å². The lowest BCUT2D eigenvalue weighted by Gasteiger charge is -2.37. The number of carbonyl (C=O) groups is 1. The van der Waals surface area contributed by atoms with Gasteiger partial charge in [0.05, 0.1) is 11.9 Å². The maximum Gasteiger partial charge on any atom is 0.322 e. The van der Waals surface area contributed by atoms with Gasteiger partial charge >= 0.3 is 6.03 Å². The first-order valence-corrected chi connectivity index (χ1v) is 12.5. The molecule has 8 nitrogen and oxygen atoms in total. The number of anilines is 2. The lowest BCUT2D eigenvalue weighted by molar-refractivity contribution is 0.240. The van der Waals surface area contributed by atoms with E-state index in [1.54, 1.807) is 24.8 Å². The molecule has 0 aliphatic heterocycles. The van der Waals surface area contributed by atoms with E-state index in [0.29, 0.717) is 12.1 Å². The molecule has 0 radical (unpaired) electrons. The van der Waals surface area contributed by atoms with Crippen molar-refractivity contribution in [1.82, 2.24) is 19.9 Å². The van der Waals surface area contributed by atoms with Crippen LogP contribution >= 0.6 is 0 Å². The summed E-state index contributed by atoms with van der Waals surface area (Å²) in [5.74, 6) is 0.773. The number of pyridine rings is 1. The van der Waals surface area contributed by atoms with E-state index in [2.05, 4.69) is 26.7 Å². The van der Waals surface area contributed by atoms with Gasteiger partial charge in [-0.25, -0.2) is 14.8 Å². The molecule has 2 N–H and O–H groups in total.